The van der Waals surface area contributed by atoms with Crippen LogP contribution >= 0.6 is 11.6 Å². The van der Waals surface area contributed by atoms with Gasteiger partial charge in [-0.2, -0.15) is 4.98 Å². The molecule has 1 N–H and O–H groups in total. The van der Waals surface area contributed by atoms with Gasteiger partial charge in [-0.15, -0.1) is 0 Å². The second kappa shape index (κ2) is 7.01. The molecule has 29 heavy (non-hydrogen) atoms. The lowest BCUT2D eigenvalue weighted by atomic mass is 10.3. The normalized spacial score (nSPS) is 11.8. The van der Waals surface area contributed by atoms with E-state index in [4.69, 9.17) is 20.5 Å². The smallest absolute Gasteiger partial charge is 0.408 e. The number of hydrogen-bond acceptors (Lipinski definition) is 7. The summed E-state index contributed by atoms with van der Waals surface area (Å²) < 4.78 is 52.1. The van der Waals surface area contributed by atoms with E-state index < -0.39 is 21.6 Å². The maximum atomic E-state index is 13.3. The average Bonchev–Trinajstić information content (AvgIpc) is 3.21. The van der Waals surface area contributed by atoms with E-state index in [2.05, 4.69) is 14.9 Å². The molecular formula is C17H12ClFN4O5S. The summed E-state index contributed by atoms with van der Waals surface area (Å²) in [5.74, 6) is -0.744. The van der Waals surface area contributed by atoms with Crippen LogP contribution < -0.4 is 10.5 Å². The van der Waals surface area contributed by atoms with Crippen LogP contribution in [0.15, 0.2) is 55.0 Å². The number of aryl methyl sites for hydroxylation is 1. The zero-order chi connectivity index (χ0) is 20.8. The van der Waals surface area contributed by atoms with Crippen LogP contribution in [0.1, 0.15) is 11.7 Å². The number of fused-ring (bicyclic) bond motifs is 1. The minimum atomic E-state index is -4.04. The van der Waals surface area contributed by atoms with Crippen LogP contribution in [0.5, 0.6) is 0 Å². The van der Waals surface area contributed by atoms with Gasteiger partial charge < -0.3 is 8.94 Å². The van der Waals surface area contributed by atoms with Crippen molar-refractivity contribution >= 4 is 38.4 Å². The van der Waals surface area contributed by atoms with Gasteiger partial charge in [-0.05, 0) is 30.3 Å². The van der Waals surface area contributed by atoms with E-state index in [1.165, 1.54) is 28.8 Å². The highest BCUT2D eigenvalue weighted by atomic mass is 35.5. The van der Waals surface area contributed by atoms with Crippen molar-refractivity contribution in [2.75, 3.05) is 4.72 Å². The highest BCUT2D eigenvalue weighted by Gasteiger charge is 2.19. The number of rotatable bonds is 5. The Morgan fingerprint density at radius 2 is 2.03 bits per heavy atom. The molecule has 2 heterocycles. The predicted molar refractivity (Wildman–Crippen MR) is 101 cm³/mol. The Morgan fingerprint density at radius 3 is 2.72 bits per heavy atom. The van der Waals surface area contributed by atoms with E-state index in [0.717, 1.165) is 12.1 Å². The lowest BCUT2D eigenvalue weighted by molar-refractivity contribution is 0.385. The summed E-state index contributed by atoms with van der Waals surface area (Å²) in [6, 6.07) is 7.38. The second-order valence-electron chi connectivity index (χ2n) is 6.05. The van der Waals surface area contributed by atoms with Gasteiger partial charge in [0.1, 0.15) is 5.82 Å². The Morgan fingerprint density at radius 1 is 1.24 bits per heavy atom. The quantitative estimate of drug-likeness (QED) is 0.508. The fourth-order valence-electron chi connectivity index (χ4n) is 2.68. The number of nitrogens with zero attached hydrogens (tertiary/aromatic N) is 3. The highest BCUT2D eigenvalue weighted by molar-refractivity contribution is 7.92. The number of hydrogen-bond donors (Lipinski definition) is 1. The summed E-state index contributed by atoms with van der Waals surface area (Å²) in [7, 11) is -4.04. The first-order valence-electron chi connectivity index (χ1n) is 8.13. The Hall–Kier alpha value is -3.18. The van der Waals surface area contributed by atoms with Crippen molar-refractivity contribution in [1.29, 1.82) is 0 Å². The van der Waals surface area contributed by atoms with Crippen molar-refractivity contribution in [2.45, 2.75) is 18.4 Å². The number of aromatic nitrogens is 3. The van der Waals surface area contributed by atoms with E-state index in [0.29, 0.717) is 11.4 Å². The lowest BCUT2D eigenvalue weighted by Gasteiger charge is -2.08. The molecule has 4 rings (SSSR count). The molecule has 0 aliphatic carbocycles. The molecule has 150 valence electrons. The molecule has 0 aliphatic rings. The topological polar surface area (TPSA) is 120 Å². The monoisotopic (exact) mass is 438 g/mol. The summed E-state index contributed by atoms with van der Waals surface area (Å²) >= 11 is 5.68. The van der Waals surface area contributed by atoms with Crippen LogP contribution in [0.4, 0.5) is 10.1 Å². The fraction of sp³-hybridized carbons (Fsp3) is 0.118. The molecule has 0 bridgehead atoms. The van der Waals surface area contributed by atoms with Gasteiger partial charge in [0.25, 0.3) is 10.0 Å². The number of sulfonamides is 1. The van der Waals surface area contributed by atoms with Gasteiger partial charge in [-0.3, -0.25) is 9.29 Å². The third-order valence-corrected chi connectivity index (χ3v) is 5.66. The van der Waals surface area contributed by atoms with E-state index in [-0.39, 0.29) is 33.6 Å². The second-order valence-corrected chi connectivity index (χ2v) is 8.14. The molecular weight excluding hydrogens is 427 g/mol. The number of nitrogens with one attached hydrogen (secondary N) is 1. The molecule has 0 unspecified atom stereocenters. The summed E-state index contributed by atoms with van der Waals surface area (Å²) in [5.41, 5.74) is 0.513. The Balaban J connectivity index is 1.68. The van der Waals surface area contributed by atoms with Crippen LogP contribution in [0.2, 0.25) is 5.02 Å². The Bertz CT molecular complexity index is 1390. The van der Waals surface area contributed by atoms with Gasteiger partial charge in [0.05, 0.1) is 27.7 Å². The van der Waals surface area contributed by atoms with Crippen molar-refractivity contribution in [3.8, 4) is 0 Å². The molecule has 12 heteroatoms. The largest absolute Gasteiger partial charge is 0.420 e. The molecule has 9 nitrogen and oxygen atoms in total. The summed E-state index contributed by atoms with van der Waals surface area (Å²) in [5, 5.41) is 3.50. The van der Waals surface area contributed by atoms with Crippen molar-refractivity contribution in [1.82, 2.24) is 14.7 Å². The van der Waals surface area contributed by atoms with E-state index in [1.807, 2.05) is 0 Å². The van der Waals surface area contributed by atoms with Gasteiger partial charge in [0, 0.05) is 13.0 Å². The van der Waals surface area contributed by atoms with Gasteiger partial charge >= 0.3 is 5.76 Å². The Kier molecular flexibility index (Phi) is 4.63. The number of anilines is 1. The summed E-state index contributed by atoms with van der Waals surface area (Å²) in [6.45, 7) is 1.62. The van der Waals surface area contributed by atoms with Crippen LogP contribution in [0.25, 0.3) is 11.1 Å². The van der Waals surface area contributed by atoms with Gasteiger partial charge in [0.15, 0.2) is 11.4 Å². The Labute approximate surface area is 167 Å². The minimum absolute atomic E-state index is 0.00159. The molecule has 0 amide bonds. The zero-order valence-electron chi connectivity index (χ0n) is 14.7. The van der Waals surface area contributed by atoms with Gasteiger partial charge in [0.2, 0.25) is 5.89 Å². The van der Waals surface area contributed by atoms with Crippen LogP contribution in [0.3, 0.4) is 0 Å². The van der Waals surface area contributed by atoms with Crippen molar-refractivity contribution in [2.24, 2.45) is 0 Å². The van der Waals surface area contributed by atoms with Gasteiger partial charge in [-0.25, -0.2) is 17.6 Å². The molecule has 4 aromatic rings. The first-order chi connectivity index (χ1) is 13.7. The SMILES string of the molecule is Cc1nc(Cn2c(=O)oc3cc(S(=O)(=O)Nc4ccc(F)c(Cl)c4)ccc32)no1. The standard InChI is InChI=1S/C17H12ClFN4O5S/c1-9-20-16(21-28-9)8-23-14-5-3-11(7-15(14)27-17(23)24)29(25,26)22-10-2-4-13(19)12(18)6-10/h2-7,22H,8H2,1H3. The zero-order valence-corrected chi connectivity index (χ0v) is 16.3. The molecule has 0 atom stereocenters. The first-order valence-corrected chi connectivity index (χ1v) is 9.99. The van der Waals surface area contributed by atoms with Crippen molar-refractivity contribution in [3.05, 3.63) is 69.5 Å². The average molecular weight is 439 g/mol. The molecule has 0 saturated carbocycles. The first kappa shape index (κ1) is 19.2. The summed E-state index contributed by atoms with van der Waals surface area (Å²) in [6.07, 6.45) is 0. The van der Waals surface area contributed by atoms with Crippen LogP contribution in [-0.2, 0) is 16.6 Å². The van der Waals surface area contributed by atoms with Gasteiger partial charge in [-0.1, -0.05) is 16.8 Å². The molecule has 0 saturated heterocycles. The molecule has 0 radical (unpaired) electrons. The van der Waals surface area contributed by atoms with Crippen molar-refractivity contribution < 1.29 is 21.7 Å². The molecule has 0 aliphatic heterocycles. The highest BCUT2D eigenvalue weighted by Crippen LogP contribution is 2.24. The molecule has 0 fully saturated rings. The van der Waals surface area contributed by atoms with Crippen LogP contribution in [0, 0.1) is 12.7 Å². The van der Waals surface area contributed by atoms with E-state index in [1.54, 1.807) is 6.92 Å². The number of oxazole rings is 1. The third kappa shape index (κ3) is 3.74. The minimum Gasteiger partial charge on any atom is -0.408 e. The maximum absolute atomic E-state index is 13.3. The molecule has 2 aromatic heterocycles. The maximum Gasteiger partial charge on any atom is 0.420 e. The van der Waals surface area contributed by atoms with Crippen molar-refractivity contribution in [3.63, 3.8) is 0 Å². The summed E-state index contributed by atoms with van der Waals surface area (Å²) in [4.78, 5) is 16.0. The molecule has 2 aromatic carbocycles. The number of benzene rings is 2. The lowest BCUT2D eigenvalue weighted by Crippen LogP contribution is -2.15. The third-order valence-electron chi connectivity index (χ3n) is 3.99. The predicted octanol–water partition coefficient (Wildman–Crippen LogP) is 2.93. The van der Waals surface area contributed by atoms with Crippen LogP contribution in [-0.4, -0.2) is 23.1 Å². The fourth-order valence-corrected chi connectivity index (χ4v) is 3.93. The van der Waals surface area contributed by atoms with E-state index in [9.17, 15) is 17.6 Å². The number of halogens is 2. The van der Waals surface area contributed by atoms with E-state index >= 15 is 0 Å². The molecule has 0 spiro atoms.